The van der Waals surface area contributed by atoms with E-state index in [1.54, 1.807) is 16.9 Å². The molecule has 31 heavy (non-hydrogen) atoms. The standard InChI is InChI=1S/C23H24N6OS/c1-3-17-7-9-19(10-8-17)22-26-23(28-27-22)31-15-21(30)25-20-11-12-24-29(20)14-18-6-4-5-16(2)13-18/h4-13H,3,14-15H2,1-2H3,(H,25,30)(H,26,27,28). The third-order valence-electron chi connectivity index (χ3n) is 4.83. The zero-order valence-electron chi connectivity index (χ0n) is 17.5. The van der Waals surface area contributed by atoms with Gasteiger partial charge in [0.2, 0.25) is 11.1 Å². The van der Waals surface area contributed by atoms with Crippen molar-refractivity contribution in [3.05, 3.63) is 77.5 Å². The molecule has 0 radical (unpaired) electrons. The van der Waals surface area contributed by atoms with Crippen molar-refractivity contribution in [1.82, 2.24) is 25.0 Å². The number of nitrogens with zero attached hydrogens (tertiary/aromatic N) is 4. The first-order chi connectivity index (χ1) is 15.1. The molecule has 0 aliphatic carbocycles. The van der Waals surface area contributed by atoms with Crippen LogP contribution in [0.2, 0.25) is 0 Å². The minimum Gasteiger partial charge on any atom is -0.310 e. The number of amides is 1. The van der Waals surface area contributed by atoms with Gasteiger partial charge in [0, 0.05) is 11.6 Å². The number of hydrogen-bond donors (Lipinski definition) is 2. The van der Waals surface area contributed by atoms with Crippen molar-refractivity contribution in [1.29, 1.82) is 0 Å². The van der Waals surface area contributed by atoms with Crippen molar-refractivity contribution in [3.8, 4) is 11.4 Å². The molecule has 2 heterocycles. The number of carbonyl (C=O) groups is 1. The Morgan fingerprint density at radius 3 is 2.74 bits per heavy atom. The van der Waals surface area contributed by atoms with Gasteiger partial charge in [-0.25, -0.2) is 9.67 Å². The lowest BCUT2D eigenvalue weighted by atomic mass is 10.1. The van der Waals surface area contributed by atoms with Crippen molar-refractivity contribution in [3.63, 3.8) is 0 Å². The van der Waals surface area contributed by atoms with Crippen LogP contribution in [-0.2, 0) is 17.8 Å². The molecule has 0 aliphatic heterocycles. The van der Waals surface area contributed by atoms with Crippen molar-refractivity contribution in [2.24, 2.45) is 0 Å². The van der Waals surface area contributed by atoms with E-state index in [1.807, 2.05) is 24.3 Å². The highest BCUT2D eigenvalue weighted by Crippen LogP contribution is 2.20. The topological polar surface area (TPSA) is 88.5 Å². The SMILES string of the molecule is CCc1ccc(-c2nc(SCC(=O)Nc3ccnn3Cc3cccc(C)c3)n[nH]2)cc1. The van der Waals surface area contributed by atoms with E-state index in [0.717, 1.165) is 17.5 Å². The number of anilines is 1. The van der Waals surface area contributed by atoms with Crippen LogP contribution in [0, 0.1) is 6.92 Å². The quantitative estimate of drug-likeness (QED) is 0.405. The summed E-state index contributed by atoms with van der Waals surface area (Å²) in [6, 6.07) is 18.2. The van der Waals surface area contributed by atoms with Gasteiger partial charge in [0.1, 0.15) is 5.82 Å². The third-order valence-corrected chi connectivity index (χ3v) is 5.68. The van der Waals surface area contributed by atoms with Gasteiger partial charge in [-0.1, -0.05) is 72.8 Å². The van der Waals surface area contributed by atoms with Crippen molar-refractivity contribution in [2.45, 2.75) is 32.0 Å². The number of carbonyl (C=O) groups excluding carboxylic acids is 1. The molecule has 0 aliphatic rings. The van der Waals surface area contributed by atoms with Crippen molar-refractivity contribution < 1.29 is 4.79 Å². The van der Waals surface area contributed by atoms with Crippen LogP contribution in [0.25, 0.3) is 11.4 Å². The number of aryl methyl sites for hydroxylation is 2. The summed E-state index contributed by atoms with van der Waals surface area (Å²) in [5.74, 6) is 1.44. The lowest BCUT2D eigenvalue weighted by Crippen LogP contribution is -2.18. The molecule has 1 amide bonds. The van der Waals surface area contributed by atoms with Gasteiger partial charge in [0.25, 0.3) is 0 Å². The maximum absolute atomic E-state index is 12.5. The van der Waals surface area contributed by atoms with E-state index in [9.17, 15) is 4.79 Å². The predicted octanol–water partition coefficient (Wildman–Crippen LogP) is 4.32. The van der Waals surface area contributed by atoms with E-state index in [4.69, 9.17) is 0 Å². The molecular weight excluding hydrogens is 408 g/mol. The van der Waals surface area contributed by atoms with Gasteiger partial charge in [-0.3, -0.25) is 9.89 Å². The molecule has 7 nitrogen and oxygen atoms in total. The van der Waals surface area contributed by atoms with Crippen molar-refractivity contribution >= 4 is 23.5 Å². The van der Waals surface area contributed by atoms with Crippen LogP contribution >= 0.6 is 11.8 Å². The second-order valence-corrected chi connectivity index (χ2v) is 8.16. The van der Waals surface area contributed by atoms with Crippen LogP contribution in [0.4, 0.5) is 5.82 Å². The molecule has 0 bridgehead atoms. The maximum Gasteiger partial charge on any atom is 0.235 e. The molecule has 0 saturated carbocycles. The van der Waals surface area contributed by atoms with Gasteiger partial charge < -0.3 is 5.32 Å². The minimum atomic E-state index is -0.130. The first-order valence-electron chi connectivity index (χ1n) is 10.1. The Morgan fingerprint density at radius 1 is 1.13 bits per heavy atom. The van der Waals surface area contributed by atoms with Gasteiger partial charge in [0.05, 0.1) is 18.5 Å². The first kappa shape index (κ1) is 20.9. The number of nitrogens with one attached hydrogen (secondary N) is 2. The normalized spacial score (nSPS) is 10.9. The van der Waals surface area contributed by atoms with Crippen LogP contribution in [0.15, 0.2) is 66.0 Å². The highest BCUT2D eigenvalue weighted by Gasteiger charge is 2.11. The second kappa shape index (κ2) is 9.61. The molecule has 158 valence electrons. The smallest absolute Gasteiger partial charge is 0.235 e. The zero-order chi connectivity index (χ0) is 21.6. The van der Waals surface area contributed by atoms with E-state index in [2.05, 4.69) is 63.7 Å². The monoisotopic (exact) mass is 432 g/mol. The van der Waals surface area contributed by atoms with Gasteiger partial charge in [-0.2, -0.15) is 5.10 Å². The van der Waals surface area contributed by atoms with E-state index in [1.165, 1.54) is 22.9 Å². The van der Waals surface area contributed by atoms with Crippen LogP contribution in [0.3, 0.4) is 0 Å². The number of hydrogen-bond acceptors (Lipinski definition) is 5. The number of thioether (sulfide) groups is 1. The van der Waals surface area contributed by atoms with Gasteiger partial charge in [-0.05, 0) is 24.5 Å². The Labute approximate surface area is 185 Å². The van der Waals surface area contributed by atoms with Crippen molar-refractivity contribution in [2.75, 3.05) is 11.1 Å². The van der Waals surface area contributed by atoms with Crippen LogP contribution in [-0.4, -0.2) is 36.6 Å². The highest BCUT2D eigenvalue weighted by atomic mass is 32.2. The number of H-pyrrole nitrogens is 1. The zero-order valence-corrected chi connectivity index (χ0v) is 18.3. The second-order valence-electron chi connectivity index (χ2n) is 7.22. The summed E-state index contributed by atoms with van der Waals surface area (Å²) in [6.45, 7) is 4.78. The number of benzene rings is 2. The molecule has 4 rings (SSSR count). The highest BCUT2D eigenvalue weighted by molar-refractivity contribution is 7.99. The molecule has 0 unspecified atom stereocenters. The average Bonchev–Trinajstić information content (AvgIpc) is 3.42. The molecule has 0 atom stereocenters. The Hall–Kier alpha value is -3.39. The Morgan fingerprint density at radius 2 is 1.97 bits per heavy atom. The molecular formula is C23H24N6OS. The van der Waals surface area contributed by atoms with E-state index >= 15 is 0 Å². The summed E-state index contributed by atoms with van der Waals surface area (Å²) >= 11 is 1.29. The molecule has 2 N–H and O–H groups in total. The lowest BCUT2D eigenvalue weighted by molar-refractivity contribution is -0.113. The summed E-state index contributed by atoms with van der Waals surface area (Å²) in [7, 11) is 0. The maximum atomic E-state index is 12.5. The largest absolute Gasteiger partial charge is 0.310 e. The van der Waals surface area contributed by atoms with E-state index in [0.29, 0.717) is 23.3 Å². The third kappa shape index (κ3) is 5.40. The fourth-order valence-electron chi connectivity index (χ4n) is 3.20. The molecule has 4 aromatic rings. The van der Waals surface area contributed by atoms with Crippen LogP contribution < -0.4 is 5.32 Å². The number of aromatic nitrogens is 5. The van der Waals surface area contributed by atoms with Crippen LogP contribution in [0.1, 0.15) is 23.6 Å². The summed E-state index contributed by atoms with van der Waals surface area (Å²) in [6.07, 6.45) is 2.68. The fraction of sp³-hybridized carbons (Fsp3) is 0.217. The molecule has 0 fully saturated rings. The lowest BCUT2D eigenvalue weighted by Gasteiger charge is -2.09. The van der Waals surface area contributed by atoms with E-state index in [-0.39, 0.29) is 11.7 Å². The first-order valence-corrected chi connectivity index (χ1v) is 11.1. The molecule has 0 spiro atoms. The Kier molecular flexibility index (Phi) is 6.47. The van der Waals surface area contributed by atoms with Gasteiger partial charge in [-0.15, -0.1) is 5.10 Å². The van der Waals surface area contributed by atoms with Gasteiger partial charge >= 0.3 is 0 Å². The summed E-state index contributed by atoms with van der Waals surface area (Å²) in [5, 5.41) is 14.9. The minimum absolute atomic E-state index is 0.130. The summed E-state index contributed by atoms with van der Waals surface area (Å²) in [5.41, 5.74) is 4.57. The Balaban J connectivity index is 1.33. The molecule has 2 aromatic carbocycles. The fourth-order valence-corrected chi connectivity index (χ4v) is 3.79. The number of rotatable bonds is 8. The van der Waals surface area contributed by atoms with Crippen LogP contribution in [0.5, 0.6) is 0 Å². The number of aromatic amines is 1. The summed E-state index contributed by atoms with van der Waals surface area (Å²) in [4.78, 5) is 16.9. The molecule has 2 aromatic heterocycles. The average molecular weight is 433 g/mol. The summed E-state index contributed by atoms with van der Waals surface area (Å²) < 4.78 is 1.78. The van der Waals surface area contributed by atoms with Gasteiger partial charge in [0.15, 0.2) is 5.82 Å². The molecule has 8 heteroatoms. The molecule has 0 saturated heterocycles. The predicted molar refractivity (Wildman–Crippen MR) is 123 cm³/mol. The Bertz CT molecular complexity index is 1160. The van der Waals surface area contributed by atoms with E-state index < -0.39 is 0 Å².